The third-order valence-electron chi connectivity index (χ3n) is 6.69. The van der Waals surface area contributed by atoms with Crippen molar-refractivity contribution in [1.82, 2.24) is 9.88 Å². The molecule has 0 spiro atoms. The number of anilines is 1. The Balaban J connectivity index is 1.75. The first-order valence-corrected chi connectivity index (χ1v) is 12.4. The van der Waals surface area contributed by atoms with Crippen LogP contribution in [0.1, 0.15) is 48.7 Å². The van der Waals surface area contributed by atoms with Gasteiger partial charge in [0.2, 0.25) is 0 Å². The molecule has 1 heterocycles. The van der Waals surface area contributed by atoms with Crippen molar-refractivity contribution in [3.8, 4) is 16.9 Å². The average molecular weight is 500 g/mol. The normalized spacial score (nSPS) is 18.4. The molecule has 1 saturated carbocycles. The summed E-state index contributed by atoms with van der Waals surface area (Å²) < 4.78 is 0. The minimum atomic E-state index is -0.128. The summed E-state index contributed by atoms with van der Waals surface area (Å²) in [6.45, 7) is 4.60. The topological polar surface area (TPSA) is 65.5 Å². The number of phenolic OH excluding ortho intramolecular Hbond substituents is 1. The zero-order chi connectivity index (χ0) is 24.6. The molecule has 0 radical (unpaired) electrons. The molecule has 0 atom stereocenters. The minimum Gasteiger partial charge on any atom is -0.505 e. The number of pyridine rings is 1. The van der Waals surface area contributed by atoms with E-state index < -0.39 is 0 Å². The molecule has 1 aliphatic carbocycles. The fourth-order valence-electron chi connectivity index (χ4n) is 5.09. The highest BCUT2D eigenvalue weighted by molar-refractivity contribution is 6.37. The number of halogens is 2. The van der Waals surface area contributed by atoms with Crippen LogP contribution in [0.2, 0.25) is 10.0 Å². The maximum absolute atomic E-state index is 12.7. The van der Waals surface area contributed by atoms with E-state index in [1.165, 1.54) is 12.8 Å². The van der Waals surface area contributed by atoms with E-state index in [1.54, 1.807) is 19.1 Å². The third-order valence-corrected chi connectivity index (χ3v) is 7.26. The van der Waals surface area contributed by atoms with Crippen molar-refractivity contribution in [2.75, 3.05) is 26.0 Å². The first-order valence-electron chi connectivity index (χ1n) is 11.7. The fourth-order valence-corrected chi connectivity index (χ4v) is 5.58. The number of nitrogens with zero attached hydrogens (tertiary/aromatic N) is 2. The van der Waals surface area contributed by atoms with Gasteiger partial charge in [0, 0.05) is 18.0 Å². The Bertz CT molecular complexity index is 1210. The molecule has 2 N–H and O–H groups in total. The maximum Gasteiger partial charge on any atom is 0.163 e. The Kier molecular flexibility index (Phi) is 7.36. The Labute approximate surface area is 211 Å². The summed E-state index contributed by atoms with van der Waals surface area (Å²) in [5.41, 5.74) is 4.72. The summed E-state index contributed by atoms with van der Waals surface area (Å²) >= 11 is 12.3. The highest BCUT2D eigenvalue weighted by atomic mass is 35.5. The van der Waals surface area contributed by atoms with Gasteiger partial charge in [-0.05, 0) is 94.9 Å². The van der Waals surface area contributed by atoms with Gasteiger partial charge in [0.05, 0.1) is 32.5 Å². The lowest BCUT2D eigenvalue weighted by Crippen LogP contribution is -2.31. The summed E-state index contributed by atoms with van der Waals surface area (Å²) in [6, 6.07) is 9.62. The van der Waals surface area contributed by atoms with Crippen LogP contribution in [-0.2, 0) is 0 Å². The molecule has 3 aromatic rings. The number of aromatic nitrogens is 1. The molecule has 34 heavy (non-hydrogen) atoms. The Morgan fingerprint density at radius 2 is 1.74 bits per heavy atom. The molecule has 7 heteroatoms. The second-order valence-electron chi connectivity index (χ2n) is 9.65. The number of nitrogens with one attached hydrogen (secondary N) is 1. The number of carbonyl (C=O) groups is 1. The number of phenols is 1. The Hall–Kier alpha value is -2.34. The van der Waals surface area contributed by atoms with Gasteiger partial charge in [-0.25, -0.2) is 0 Å². The monoisotopic (exact) mass is 499 g/mol. The van der Waals surface area contributed by atoms with E-state index in [1.807, 2.05) is 25.1 Å². The van der Waals surface area contributed by atoms with Crippen molar-refractivity contribution < 1.29 is 9.90 Å². The molecule has 0 saturated heterocycles. The van der Waals surface area contributed by atoms with Crippen LogP contribution in [0.3, 0.4) is 0 Å². The van der Waals surface area contributed by atoms with Gasteiger partial charge >= 0.3 is 0 Å². The van der Waals surface area contributed by atoms with Gasteiger partial charge in [0.15, 0.2) is 11.5 Å². The predicted molar refractivity (Wildman–Crippen MR) is 142 cm³/mol. The molecule has 0 bridgehead atoms. The van der Waals surface area contributed by atoms with Crippen LogP contribution < -0.4 is 5.32 Å². The standard InChI is InChI=1S/C27H31Cl2N3O2/c1-15-25(16(2)33)26(31-20-8-5-17(6-9-20)14-32(3)4)21-11-18(7-10-24(21)30-15)19-12-22(28)27(34)23(29)13-19/h7,10-13,17,20,34H,5-6,8-9,14H2,1-4H3,(H,30,31)/t17-,20-. The predicted octanol–water partition coefficient (Wildman–Crippen LogP) is 6.96. The number of Topliss-reactive ketones (excluding diaryl/α,β-unsaturated/α-hetero) is 1. The first-order chi connectivity index (χ1) is 16.1. The van der Waals surface area contributed by atoms with Crippen molar-refractivity contribution in [3.05, 3.63) is 51.6 Å². The largest absolute Gasteiger partial charge is 0.505 e. The summed E-state index contributed by atoms with van der Waals surface area (Å²) in [6.07, 6.45) is 4.48. The molecule has 5 nitrogen and oxygen atoms in total. The molecule has 1 aliphatic rings. The lowest BCUT2D eigenvalue weighted by molar-refractivity contribution is 0.101. The van der Waals surface area contributed by atoms with Crippen molar-refractivity contribution in [2.24, 2.45) is 5.92 Å². The van der Waals surface area contributed by atoms with Crippen LogP contribution in [0.5, 0.6) is 5.75 Å². The highest BCUT2D eigenvalue weighted by Crippen LogP contribution is 2.39. The second kappa shape index (κ2) is 10.1. The van der Waals surface area contributed by atoms with E-state index >= 15 is 0 Å². The lowest BCUT2D eigenvalue weighted by Gasteiger charge is -2.32. The van der Waals surface area contributed by atoms with Crippen LogP contribution in [0.15, 0.2) is 30.3 Å². The number of carbonyl (C=O) groups excluding carboxylic acids is 1. The highest BCUT2D eigenvalue weighted by Gasteiger charge is 2.25. The maximum atomic E-state index is 12.7. The van der Waals surface area contributed by atoms with E-state index in [0.29, 0.717) is 17.5 Å². The van der Waals surface area contributed by atoms with Crippen molar-refractivity contribution in [1.29, 1.82) is 0 Å². The Morgan fingerprint density at radius 3 is 2.32 bits per heavy atom. The van der Waals surface area contributed by atoms with Crippen molar-refractivity contribution in [2.45, 2.75) is 45.6 Å². The van der Waals surface area contributed by atoms with Crippen LogP contribution in [-0.4, -0.2) is 47.5 Å². The van der Waals surface area contributed by atoms with Gasteiger partial charge in [0.1, 0.15) is 0 Å². The fraction of sp³-hybridized carbons (Fsp3) is 0.407. The number of fused-ring (bicyclic) bond motifs is 1. The number of hydrogen-bond donors (Lipinski definition) is 2. The molecule has 0 amide bonds. The third kappa shape index (κ3) is 5.17. The number of aromatic hydroxyl groups is 1. The smallest absolute Gasteiger partial charge is 0.163 e. The summed E-state index contributed by atoms with van der Waals surface area (Å²) in [5, 5.41) is 15.0. The zero-order valence-electron chi connectivity index (χ0n) is 20.1. The number of hydrogen-bond acceptors (Lipinski definition) is 5. The molecular formula is C27H31Cl2N3O2. The van der Waals surface area contributed by atoms with Crippen LogP contribution in [0.25, 0.3) is 22.0 Å². The van der Waals surface area contributed by atoms with E-state index in [2.05, 4.69) is 24.3 Å². The molecule has 2 aromatic carbocycles. The van der Waals surface area contributed by atoms with Crippen molar-refractivity contribution in [3.63, 3.8) is 0 Å². The quantitative estimate of drug-likeness (QED) is 0.358. The SMILES string of the molecule is CC(=O)c1c(C)nc2ccc(-c3cc(Cl)c(O)c(Cl)c3)cc2c1N[C@H]1CC[C@H](CN(C)C)CC1. The molecule has 1 fully saturated rings. The van der Waals surface area contributed by atoms with E-state index in [4.69, 9.17) is 28.2 Å². The van der Waals surface area contributed by atoms with Gasteiger partial charge < -0.3 is 15.3 Å². The van der Waals surface area contributed by atoms with Gasteiger partial charge in [0.25, 0.3) is 0 Å². The summed E-state index contributed by atoms with van der Waals surface area (Å²) in [4.78, 5) is 19.7. The van der Waals surface area contributed by atoms with Crippen LogP contribution in [0, 0.1) is 12.8 Å². The van der Waals surface area contributed by atoms with E-state index in [-0.39, 0.29) is 21.6 Å². The van der Waals surface area contributed by atoms with Crippen LogP contribution in [0.4, 0.5) is 5.69 Å². The summed E-state index contributed by atoms with van der Waals surface area (Å²) in [5.74, 6) is 0.583. The second-order valence-corrected chi connectivity index (χ2v) is 10.5. The number of aryl methyl sites for hydroxylation is 1. The lowest BCUT2D eigenvalue weighted by atomic mass is 9.85. The van der Waals surface area contributed by atoms with Crippen LogP contribution >= 0.6 is 23.2 Å². The number of ketones is 1. The summed E-state index contributed by atoms with van der Waals surface area (Å²) in [7, 11) is 4.25. The van der Waals surface area contributed by atoms with Gasteiger partial charge in [-0.1, -0.05) is 29.3 Å². The van der Waals surface area contributed by atoms with Gasteiger partial charge in [-0.3, -0.25) is 9.78 Å². The van der Waals surface area contributed by atoms with Gasteiger partial charge in [-0.15, -0.1) is 0 Å². The zero-order valence-corrected chi connectivity index (χ0v) is 21.6. The minimum absolute atomic E-state index is 0.00295. The molecular weight excluding hydrogens is 469 g/mol. The first kappa shape index (κ1) is 24.8. The molecule has 0 aliphatic heterocycles. The number of rotatable bonds is 6. The molecule has 180 valence electrons. The van der Waals surface area contributed by atoms with E-state index in [9.17, 15) is 9.90 Å². The average Bonchev–Trinajstić information content (AvgIpc) is 2.77. The van der Waals surface area contributed by atoms with Gasteiger partial charge in [-0.2, -0.15) is 0 Å². The molecule has 0 unspecified atom stereocenters. The molecule has 4 rings (SSSR count). The molecule has 1 aromatic heterocycles. The van der Waals surface area contributed by atoms with Crippen molar-refractivity contribution >= 4 is 45.6 Å². The number of benzene rings is 2. The van der Waals surface area contributed by atoms with E-state index in [0.717, 1.165) is 52.8 Å². The Morgan fingerprint density at radius 1 is 1.09 bits per heavy atom.